The highest BCUT2D eigenvalue weighted by Crippen LogP contribution is 2.33. The van der Waals surface area contributed by atoms with Gasteiger partial charge in [0.15, 0.2) is 0 Å². The number of carboxylic acid groups (broad SMARTS) is 1. The summed E-state index contributed by atoms with van der Waals surface area (Å²) >= 11 is 0.930. The Morgan fingerprint density at radius 3 is 2.55 bits per heavy atom. The molecule has 106 valence electrons. The lowest BCUT2D eigenvalue weighted by Gasteiger charge is -2.01. The number of hydrogen-bond acceptors (Lipinski definition) is 6. The first kappa shape index (κ1) is 15.7. The van der Waals surface area contributed by atoms with Crippen molar-refractivity contribution in [3.05, 3.63) is 16.0 Å². The maximum absolute atomic E-state index is 11.6. The van der Waals surface area contributed by atoms with Crippen LogP contribution in [0.4, 0.5) is 5.00 Å². The lowest BCUT2D eigenvalue weighted by Crippen LogP contribution is -2.13. The number of thiophene rings is 1. The first-order valence-corrected chi connectivity index (χ1v) is 6.35. The van der Waals surface area contributed by atoms with Gasteiger partial charge in [-0.3, -0.25) is 9.59 Å². The molecule has 2 N–H and O–H groups in total. The second-order valence-corrected chi connectivity index (χ2v) is 4.83. The molecule has 7 nitrogen and oxygen atoms in total. The maximum Gasteiger partial charge on any atom is 0.348 e. The summed E-state index contributed by atoms with van der Waals surface area (Å²) in [5.41, 5.74) is 0.608. The summed E-state index contributed by atoms with van der Waals surface area (Å²) in [5.74, 6) is -2.20. The highest BCUT2D eigenvalue weighted by Gasteiger charge is 2.21. The number of amides is 1. The summed E-state index contributed by atoms with van der Waals surface area (Å²) in [4.78, 5) is 33.7. The average Bonchev–Trinajstić information content (AvgIpc) is 2.71. The van der Waals surface area contributed by atoms with E-state index in [2.05, 4.69) is 10.1 Å². The van der Waals surface area contributed by atoms with E-state index in [1.165, 1.54) is 7.11 Å². The lowest BCUT2D eigenvalue weighted by molar-refractivity contribution is -0.138. The largest absolute Gasteiger partial charge is 0.481 e. The van der Waals surface area contributed by atoms with E-state index in [0.29, 0.717) is 5.56 Å². The van der Waals surface area contributed by atoms with E-state index in [-0.39, 0.29) is 28.3 Å². The van der Waals surface area contributed by atoms with Gasteiger partial charge in [-0.1, -0.05) is 0 Å². The molecular formula is C12H12N2O5S. The predicted octanol–water partition coefficient (Wildman–Crippen LogP) is 1.52. The number of carbonyl (C=O) groups excluding carboxylic acids is 2. The third-order valence-corrected chi connectivity index (χ3v) is 3.64. The minimum Gasteiger partial charge on any atom is -0.481 e. The molecule has 0 bridgehead atoms. The van der Waals surface area contributed by atoms with E-state index in [1.807, 2.05) is 6.07 Å². The fourth-order valence-corrected chi connectivity index (χ4v) is 2.52. The topological polar surface area (TPSA) is 116 Å². The molecule has 0 fully saturated rings. The van der Waals surface area contributed by atoms with Crippen molar-refractivity contribution in [2.45, 2.75) is 19.8 Å². The molecule has 1 rings (SSSR count). The monoisotopic (exact) mass is 296 g/mol. The van der Waals surface area contributed by atoms with E-state index in [4.69, 9.17) is 10.4 Å². The lowest BCUT2D eigenvalue weighted by atomic mass is 10.1. The molecule has 0 spiro atoms. The van der Waals surface area contributed by atoms with Crippen molar-refractivity contribution >= 4 is 34.2 Å². The number of methoxy groups -OCH3 is 1. The van der Waals surface area contributed by atoms with Gasteiger partial charge in [-0.05, 0) is 12.5 Å². The Kier molecular flexibility index (Phi) is 5.23. The van der Waals surface area contributed by atoms with Crippen LogP contribution in [0.25, 0.3) is 0 Å². The molecule has 0 radical (unpaired) electrons. The fraction of sp³-hybridized carbons (Fsp3) is 0.333. The van der Waals surface area contributed by atoms with Crippen molar-refractivity contribution in [2.75, 3.05) is 12.4 Å². The minimum atomic E-state index is -1.08. The van der Waals surface area contributed by atoms with Crippen LogP contribution in [0.5, 0.6) is 0 Å². The second-order valence-electron chi connectivity index (χ2n) is 3.81. The Morgan fingerprint density at radius 1 is 1.40 bits per heavy atom. The van der Waals surface area contributed by atoms with Crippen molar-refractivity contribution in [1.82, 2.24) is 0 Å². The summed E-state index contributed by atoms with van der Waals surface area (Å²) in [6.07, 6.45) is -0.507. The van der Waals surface area contributed by atoms with Crippen molar-refractivity contribution in [2.24, 2.45) is 0 Å². The van der Waals surface area contributed by atoms with Gasteiger partial charge >= 0.3 is 11.9 Å². The second kappa shape index (κ2) is 6.68. The molecule has 0 atom stereocenters. The van der Waals surface area contributed by atoms with Crippen molar-refractivity contribution < 1.29 is 24.2 Å². The minimum absolute atomic E-state index is 0.180. The zero-order valence-corrected chi connectivity index (χ0v) is 11.7. The molecule has 20 heavy (non-hydrogen) atoms. The Labute approximate surface area is 118 Å². The van der Waals surface area contributed by atoms with Gasteiger partial charge in [-0.15, -0.1) is 11.3 Å². The number of aliphatic carboxylic acids is 1. The molecule has 8 heteroatoms. The van der Waals surface area contributed by atoms with Gasteiger partial charge < -0.3 is 15.2 Å². The molecule has 0 aliphatic rings. The molecule has 1 amide bonds. The van der Waals surface area contributed by atoms with Crippen LogP contribution in [-0.2, 0) is 14.3 Å². The van der Waals surface area contributed by atoms with Crippen LogP contribution in [0, 0.1) is 18.3 Å². The fourth-order valence-electron chi connectivity index (χ4n) is 1.43. The van der Waals surface area contributed by atoms with Crippen LogP contribution in [0.2, 0.25) is 0 Å². The smallest absolute Gasteiger partial charge is 0.348 e. The molecule has 1 aromatic rings. The summed E-state index contributed by atoms with van der Waals surface area (Å²) in [6.45, 7) is 1.58. The van der Waals surface area contributed by atoms with Gasteiger partial charge in [0.1, 0.15) is 15.9 Å². The van der Waals surface area contributed by atoms with Crippen molar-refractivity contribution in [3.8, 4) is 6.07 Å². The third kappa shape index (κ3) is 3.55. The number of nitriles is 1. The predicted molar refractivity (Wildman–Crippen MR) is 70.6 cm³/mol. The van der Waals surface area contributed by atoms with E-state index in [1.54, 1.807) is 6.92 Å². The van der Waals surface area contributed by atoms with Crippen LogP contribution in [0.3, 0.4) is 0 Å². The Hall–Kier alpha value is -2.40. The molecule has 1 aromatic heterocycles. The number of rotatable bonds is 5. The number of ether oxygens (including phenoxy) is 1. The number of carboxylic acids is 1. The summed E-state index contributed by atoms with van der Waals surface area (Å²) < 4.78 is 4.59. The first-order chi connectivity index (χ1) is 9.40. The molecule has 0 saturated carbocycles. The highest BCUT2D eigenvalue weighted by molar-refractivity contribution is 7.18. The summed E-state index contributed by atoms with van der Waals surface area (Å²) in [7, 11) is 1.22. The van der Waals surface area contributed by atoms with Gasteiger partial charge in [0.25, 0.3) is 0 Å². The molecule has 0 aliphatic carbocycles. The Morgan fingerprint density at radius 2 is 2.05 bits per heavy atom. The molecule has 0 saturated heterocycles. The standard InChI is InChI=1S/C12H12N2O5S/c1-6-7(5-13)11(20-10(6)12(18)19-2)14-8(15)3-4-9(16)17/h3-4H2,1-2H3,(H,14,15)(H,16,17). The van der Waals surface area contributed by atoms with Gasteiger partial charge in [0, 0.05) is 6.42 Å². The van der Waals surface area contributed by atoms with Crippen LogP contribution >= 0.6 is 11.3 Å². The molecule has 0 unspecified atom stereocenters. The third-order valence-electron chi connectivity index (χ3n) is 2.45. The van der Waals surface area contributed by atoms with E-state index in [9.17, 15) is 14.4 Å². The zero-order valence-electron chi connectivity index (χ0n) is 10.8. The number of nitrogens with one attached hydrogen (secondary N) is 1. The first-order valence-electron chi connectivity index (χ1n) is 5.54. The highest BCUT2D eigenvalue weighted by atomic mass is 32.1. The number of esters is 1. The van der Waals surface area contributed by atoms with E-state index in [0.717, 1.165) is 11.3 Å². The van der Waals surface area contributed by atoms with Gasteiger partial charge in [-0.25, -0.2) is 4.79 Å². The number of carbonyl (C=O) groups is 3. The van der Waals surface area contributed by atoms with Crippen LogP contribution < -0.4 is 5.32 Å². The average molecular weight is 296 g/mol. The summed E-state index contributed by atoms with van der Waals surface area (Å²) in [5, 5.41) is 20.2. The Balaban J connectivity index is 2.96. The number of nitrogens with zero attached hydrogens (tertiary/aromatic N) is 1. The van der Waals surface area contributed by atoms with Gasteiger partial charge in [-0.2, -0.15) is 5.26 Å². The molecule has 1 heterocycles. The SMILES string of the molecule is COC(=O)c1sc(NC(=O)CCC(=O)O)c(C#N)c1C. The van der Waals surface area contributed by atoms with Gasteiger partial charge in [0.05, 0.1) is 19.1 Å². The van der Waals surface area contributed by atoms with Crippen molar-refractivity contribution in [3.63, 3.8) is 0 Å². The quantitative estimate of drug-likeness (QED) is 0.796. The molecular weight excluding hydrogens is 284 g/mol. The van der Waals surface area contributed by atoms with Crippen LogP contribution in [0.15, 0.2) is 0 Å². The Bertz CT molecular complexity index is 600. The number of anilines is 1. The van der Waals surface area contributed by atoms with E-state index >= 15 is 0 Å². The normalized spacial score (nSPS) is 9.65. The van der Waals surface area contributed by atoms with Gasteiger partial charge in [0.2, 0.25) is 5.91 Å². The van der Waals surface area contributed by atoms with Crippen molar-refractivity contribution in [1.29, 1.82) is 5.26 Å². The van der Waals surface area contributed by atoms with Crippen LogP contribution in [-0.4, -0.2) is 30.1 Å². The summed E-state index contributed by atoms with van der Waals surface area (Å²) in [6, 6.07) is 1.91. The van der Waals surface area contributed by atoms with Crippen LogP contribution in [0.1, 0.15) is 33.6 Å². The molecule has 0 aromatic carbocycles. The maximum atomic E-state index is 11.6. The molecule has 0 aliphatic heterocycles. The zero-order chi connectivity index (χ0) is 15.3. The number of hydrogen-bond donors (Lipinski definition) is 2. The van der Waals surface area contributed by atoms with E-state index < -0.39 is 17.8 Å².